The van der Waals surface area contributed by atoms with Crippen molar-refractivity contribution >= 4 is 23.7 Å². The van der Waals surface area contributed by atoms with Gasteiger partial charge in [-0.1, -0.05) is 6.07 Å². The lowest BCUT2D eigenvalue weighted by Crippen LogP contribution is -2.18. The third kappa shape index (κ3) is 5.16. The van der Waals surface area contributed by atoms with Crippen molar-refractivity contribution < 1.29 is 24.2 Å². The summed E-state index contributed by atoms with van der Waals surface area (Å²) >= 11 is 0. The van der Waals surface area contributed by atoms with E-state index in [4.69, 9.17) is 0 Å². The van der Waals surface area contributed by atoms with Crippen LogP contribution in [0, 0.1) is 5.82 Å². The van der Waals surface area contributed by atoms with E-state index in [2.05, 4.69) is 15.8 Å². The number of carbonyl (C=O) groups is 2. The van der Waals surface area contributed by atoms with Crippen molar-refractivity contribution in [3.63, 3.8) is 0 Å². The van der Waals surface area contributed by atoms with Gasteiger partial charge in [0, 0.05) is 28.4 Å². The molecule has 146 valence electrons. The molecular weight excluding hydrogens is 377 g/mol. The number of amides is 2. The first-order valence-electron chi connectivity index (χ1n) is 8.45. The fourth-order valence-electron chi connectivity index (χ4n) is 2.41. The highest BCUT2D eigenvalue weighted by Crippen LogP contribution is 2.20. The minimum atomic E-state index is -0.530. The van der Waals surface area contributed by atoms with Crippen molar-refractivity contribution in [3.05, 3.63) is 89.2 Å². The molecular formula is C21H16FN3O4. The Morgan fingerprint density at radius 1 is 0.897 bits per heavy atom. The molecule has 0 aliphatic heterocycles. The Hall–Kier alpha value is -4.20. The summed E-state index contributed by atoms with van der Waals surface area (Å²) in [5.41, 5.74) is 3.52. The van der Waals surface area contributed by atoms with E-state index in [1.807, 2.05) is 0 Å². The average molecular weight is 393 g/mol. The van der Waals surface area contributed by atoms with Crippen molar-refractivity contribution in [1.29, 1.82) is 0 Å². The van der Waals surface area contributed by atoms with Gasteiger partial charge >= 0.3 is 0 Å². The summed E-state index contributed by atoms with van der Waals surface area (Å²) in [6.45, 7) is 0. The highest BCUT2D eigenvalue weighted by molar-refractivity contribution is 6.05. The highest BCUT2D eigenvalue weighted by atomic mass is 19.1. The van der Waals surface area contributed by atoms with E-state index in [-0.39, 0.29) is 22.6 Å². The molecule has 0 radical (unpaired) electrons. The molecule has 0 saturated carbocycles. The van der Waals surface area contributed by atoms with Crippen LogP contribution in [-0.2, 0) is 0 Å². The number of phenolic OH excluding ortho intramolecular Hbond substituents is 2. The number of anilines is 1. The maximum atomic E-state index is 13.0. The second-order valence-corrected chi connectivity index (χ2v) is 5.98. The minimum absolute atomic E-state index is 0.0943. The lowest BCUT2D eigenvalue weighted by atomic mass is 10.1. The normalized spacial score (nSPS) is 10.7. The molecule has 0 atom stereocenters. The molecule has 0 bridgehead atoms. The van der Waals surface area contributed by atoms with Crippen LogP contribution in [0.1, 0.15) is 26.3 Å². The van der Waals surface area contributed by atoms with Gasteiger partial charge in [0.05, 0.1) is 6.21 Å². The van der Waals surface area contributed by atoms with Crippen LogP contribution in [0.5, 0.6) is 11.5 Å². The molecule has 0 fully saturated rings. The number of rotatable bonds is 5. The zero-order chi connectivity index (χ0) is 20.8. The zero-order valence-electron chi connectivity index (χ0n) is 15.0. The number of hydrogen-bond donors (Lipinski definition) is 4. The maximum Gasteiger partial charge on any atom is 0.271 e. The summed E-state index contributed by atoms with van der Waals surface area (Å²) in [7, 11) is 0. The quantitative estimate of drug-likeness (QED) is 0.394. The molecule has 29 heavy (non-hydrogen) atoms. The second-order valence-electron chi connectivity index (χ2n) is 5.98. The van der Waals surface area contributed by atoms with Crippen molar-refractivity contribution in [2.75, 3.05) is 5.32 Å². The predicted molar refractivity (Wildman–Crippen MR) is 106 cm³/mol. The Bertz CT molecular complexity index is 1080. The summed E-state index contributed by atoms with van der Waals surface area (Å²) in [6.07, 6.45) is 1.23. The molecule has 0 spiro atoms. The fraction of sp³-hybridized carbons (Fsp3) is 0. The predicted octanol–water partition coefficient (Wildman–Crippen LogP) is 3.25. The van der Waals surface area contributed by atoms with Crippen LogP contribution in [0.2, 0.25) is 0 Å². The number of benzene rings is 3. The first-order valence-corrected chi connectivity index (χ1v) is 8.45. The molecule has 0 heterocycles. The molecule has 3 aromatic rings. The van der Waals surface area contributed by atoms with Crippen LogP contribution in [0.15, 0.2) is 71.8 Å². The van der Waals surface area contributed by atoms with Crippen LogP contribution in [-0.4, -0.2) is 28.2 Å². The Kier molecular flexibility index (Phi) is 5.84. The summed E-state index contributed by atoms with van der Waals surface area (Å²) in [5, 5.41) is 25.3. The minimum Gasteiger partial charge on any atom is -0.508 e. The van der Waals surface area contributed by atoms with Crippen LogP contribution in [0.3, 0.4) is 0 Å². The zero-order valence-corrected chi connectivity index (χ0v) is 15.0. The van der Waals surface area contributed by atoms with E-state index in [0.717, 1.165) is 6.07 Å². The number of carbonyl (C=O) groups excluding carboxylic acids is 2. The van der Waals surface area contributed by atoms with Gasteiger partial charge in [0.15, 0.2) is 0 Å². The number of hydrogen-bond acceptors (Lipinski definition) is 5. The van der Waals surface area contributed by atoms with Gasteiger partial charge in [-0.2, -0.15) is 5.10 Å². The molecule has 0 saturated heterocycles. The molecule has 7 nitrogen and oxygen atoms in total. The highest BCUT2D eigenvalue weighted by Gasteiger charge is 2.09. The molecule has 3 rings (SSSR count). The smallest absolute Gasteiger partial charge is 0.271 e. The molecule has 0 aliphatic carbocycles. The Morgan fingerprint density at radius 3 is 2.38 bits per heavy atom. The Balaban J connectivity index is 1.65. The number of aromatic hydroxyl groups is 2. The molecule has 0 aromatic heterocycles. The van der Waals surface area contributed by atoms with Crippen molar-refractivity contribution in [3.8, 4) is 11.5 Å². The fourth-order valence-corrected chi connectivity index (χ4v) is 2.41. The Labute approximate surface area is 165 Å². The van der Waals surface area contributed by atoms with Gasteiger partial charge in [0.2, 0.25) is 0 Å². The summed E-state index contributed by atoms with van der Waals surface area (Å²) in [6, 6.07) is 15.2. The Morgan fingerprint density at radius 2 is 1.66 bits per heavy atom. The number of halogens is 1. The van der Waals surface area contributed by atoms with Crippen LogP contribution >= 0.6 is 0 Å². The molecule has 8 heteroatoms. The summed E-state index contributed by atoms with van der Waals surface area (Å²) in [4.78, 5) is 24.4. The van der Waals surface area contributed by atoms with E-state index >= 15 is 0 Å². The molecule has 0 aliphatic rings. The second kappa shape index (κ2) is 8.66. The van der Waals surface area contributed by atoms with E-state index in [0.29, 0.717) is 11.3 Å². The molecule has 2 amide bonds. The topological polar surface area (TPSA) is 111 Å². The number of nitrogens with zero attached hydrogens (tertiary/aromatic N) is 1. The van der Waals surface area contributed by atoms with Gasteiger partial charge in [0.1, 0.15) is 17.3 Å². The van der Waals surface area contributed by atoms with Crippen molar-refractivity contribution in [1.82, 2.24) is 5.43 Å². The third-order valence-electron chi connectivity index (χ3n) is 3.87. The first kappa shape index (κ1) is 19.6. The van der Waals surface area contributed by atoms with E-state index < -0.39 is 17.6 Å². The van der Waals surface area contributed by atoms with Gasteiger partial charge in [-0.05, 0) is 54.6 Å². The lowest BCUT2D eigenvalue weighted by Gasteiger charge is -2.07. The monoisotopic (exact) mass is 393 g/mol. The molecule has 3 aromatic carbocycles. The number of phenols is 2. The SMILES string of the molecule is O=C(N/N=C/c1ccc(O)cc1O)c1cccc(NC(=O)c2ccc(F)cc2)c1. The van der Waals surface area contributed by atoms with Gasteiger partial charge < -0.3 is 15.5 Å². The lowest BCUT2D eigenvalue weighted by molar-refractivity contribution is 0.0953. The van der Waals surface area contributed by atoms with Crippen LogP contribution in [0.4, 0.5) is 10.1 Å². The van der Waals surface area contributed by atoms with Crippen LogP contribution in [0.25, 0.3) is 0 Å². The van der Waals surface area contributed by atoms with Gasteiger partial charge in [-0.25, -0.2) is 9.82 Å². The van der Waals surface area contributed by atoms with Crippen LogP contribution < -0.4 is 10.7 Å². The van der Waals surface area contributed by atoms with E-state index in [9.17, 15) is 24.2 Å². The van der Waals surface area contributed by atoms with E-state index in [1.54, 1.807) is 12.1 Å². The summed E-state index contributed by atoms with van der Waals surface area (Å²) in [5.74, 6) is -1.70. The maximum absolute atomic E-state index is 13.0. The van der Waals surface area contributed by atoms with Crippen molar-refractivity contribution in [2.24, 2.45) is 5.10 Å². The van der Waals surface area contributed by atoms with Gasteiger partial charge in [0.25, 0.3) is 11.8 Å². The summed E-state index contributed by atoms with van der Waals surface area (Å²) < 4.78 is 13.0. The van der Waals surface area contributed by atoms with Crippen molar-refractivity contribution in [2.45, 2.75) is 0 Å². The van der Waals surface area contributed by atoms with Gasteiger partial charge in [-0.3, -0.25) is 9.59 Å². The van der Waals surface area contributed by atoms with Gasteiger partial charge in [-0.15, -0.1) is 0 Å². The third-order valence-corrected chi connectivity index (χ3v) is 3.87. The van der Waals surface area contributed by atoms with E-state index in [1.165, 1.54) is 54.7 Å². The number of nitrogens with one attached hydrogen (secondary N) is 2. The molecule has 4 N–H and O–H groups in total. The number of hydrazone groups is 1. The molecule has 0 unspecified atom stereocenters. The standard InChI is InChI=1S/C21H16FN3O4/c22-16-7-4-13(5-8-16)20(28)24-17-3-1-2-14(10-17)21(29)25-23-12-15-6-9-18(26)11-19(15)27/h1-12,26-27H,(H,24,28)(H,25,29)/b23-12+. The first-order chi connectivity index (χ1) is 13.9. The average Bonchev–Trinajstić information content (AvgIpc) is 2.70. The largest absolute Gasteiger partial charge is 0.508 e.